The standard InChI is InChI=1S/C12H16BClF2O2/c1-10(2)11(3,4)18-13(17-10)8-5-6-9(14)12(15,16)7-8/h5-6H,7H2,1-4H3. The van der Waals surface area contributed by atoms with Crippen molar-refractivity contribution in [3.8, 4) is 0 Å². The second kappa shape index (κ2) is 4.05. The third-order valence-electron chi connectivity index (χ3n) is 3.78. The van der Waals surface area contributed by atoms with Crippen molar-refractivity contribution in [3.05, 3.63) is 22.7 Å². The number of rotatable bonds is 1. The maximum absolute atomic E-state index is 13.5. The monoisotopic (exact) mass is 276 g/mol. The van der Waals surface area contributed by atoms with Gasteiger partial charge in [-0.1, -0.05) is 17.7 Å². The summed E-state index contributed by atoms with van der Waals surface area (Å²) in [6.45, 7) is 7.55. The van der Waals surface area contributed by atoms with Crippen LogP contribution in [-0.4, -0.2) is 24.2 Å². The first-order valence-corrected chi connectivity index (χ1v) is 6.23. The number of hydrogen-bond acceptors (Lipinski definition) is 2. The normalized spacial score (nSPS) is 28.9. The van der Waals surface area contributed by atoms with Gasteiger partial charge in [0.25, 0.3) is 5.92 Å². The van der Waals surface area contributed by atoms with Gasteiger partial charge in [-0.15, -0.1) is 0 Å². The van der Waals surface area contributed by atoms with Crippen molar-refractivity contribution < 1.29 is 18.1 Å². The molecule has 1 aliphatic heterocycles. The van der Waals surface area contributed by atoms with E-state index < -0.39 is 35.7 Å². The predicted molar refractivity (Wildman–Crippen MR) is 67.7 cm³/mol. The van der Waals surface area contributed by atoms with Gasteiger partial charge in [-0.25, -0.2) is 8.78 Å². The van der Waals surface area contributed by atoms with Crippen LogP contribution in [0.1, 0.15) is 34.1 Å². The van der Waals surface area contributed by atoms with Crippen molar-refractivity contribution in [3.63, 3.8) is 0 Å². The van der Waals surface area contributed by atoms with Crippen LogP contribution < -0.4 is 0 Å². The van der Waals surface area contributed by atoms with E-state index in [1.807, 2.05) is 27.7 Å². The van der Waals surface area contributed by atoms with Crippen LogP contribution in [0.2, 0.25) is 0 Å². The molecule has 0 aromatic rings. The molecule has 0 N–H and O–H groups in total. The highest BCUT2D eigenvalue weighted by molar-refractivity contribution is 6.55. The van der Waals surface area contributed by atoms with Gasteiger partial charge in [-0.3, -0.25) is 0 Å². The minimum absolute atomic E-state index is 0.419. The Morgan fingerprint density at radius 1 is 1.11 bits per heavy atom. The zero-order valence-corrected chi connectivity index (χ0v) is 11.6. The highest BCUT2D eigenvalue weighted by atomic mass is 35.5. The molecule has 2 rings (SSSR count). The maximum Gasteiger partial charge on any atom is 0.490 e. The molecule has 100 valence electrons. The lowest BCUT2D eigenvalue weighted by atomic mass is 9.73. The van der Waals surface area contributed by atoms with Crippen molar-refractivity contribution in [1.82, 2.24) is 0 Å². The smallest absolute Gasteiger partial charge is 0.400 e. The van der Waals surface area contributed by atoms with Crippen molar-refractivity contribution in [2.24, 2.45) is 0 Å². The van der Waals surface area contributed by atoms with Crippen LogP contribution in [0.5, 0.6) is 0 Å². The SMILES string of the molecule is CC1(C)OB(C2=CC=C(Cl)C(F)(F)C2)OC1(C)C. The molecular formula is C12H16BClF2O2. The molecule has 0 spiro atoms. The van der Waals surface area contributed by atoms with E-state index in [0.717, 1.165) is 0 Å². The Morgan fingerprint density at radius 3 is 2.06 bits per heavy atom. The molecule has 0 aromatic carbocycles. The highest BCUT2D eigenvalue weighted by Crippen LogP contribution is 2.43. The number of halogens is 3. The maximum atomic E-state index is 13.5. The Labute approximate surface area is 111 Å². The van der Waals surface area contributed by atoms with E-state index >= 15 is 0 Å². The van der Waals surface area contributed by atoms with Gasteiger partial charge in [-0.2, -0.15) is 0 Å². The van der Waals surface area contributed by atoms with Gasteiger partial charge in [0.15, 0.2) is 0 Å². The molecule has 0 unspecified atom stereocenters. The molecule has 0 aromatic heterocycles. The lowest BCUT2D eigenvalue weighted by molar-refractivity contribution is 0.00578. The minimum Gasteiger partial charge on any atom is -0.400 e. The van der Waals surface area contributed by atoms with Gasteiger partial charge in [0.2, 0.25) is 0 Å². The first-order valence-electron chi connectivity index (χ1n) is 5.85. The summed E-state index contributed by atoms with van der Waals surface area (Å²) < 4.78 is 38.5. The Hall–Kier alpha value is -0.385. The molecule has 1 saturated heterocycles. The highest BCUT2D eigenvalue weighted by Gasteiger charge is 2.54. The van der Waals surface area contributed by atoms with Crippen LogP contribution >= 0.6 is 11.6 Å². The van der Waals surface area contributed by atoms with Crippen molar-refractivity contribution >= 4 is 18.7 Å². The zero-order chi connectivity index (χ0) is 13.8. The van der Waals surface area contributed by atoms with Gasteiger partial charge >= 0.3 is 7.12 Å². The van der Waals surface area contributed by atoms with Crippen molar-refractivity contribution in [2.45, 2.75) is 51.2 Å². The van der Waals surface area contributed by atoms with E-state index in [1.165, 1.54) is 6.08 Å². The summed E-state index contributed by atoms with van der Waals surface area (Å²) in [7, 11) is -0.734. The summed E-state index contributed by atoms with van der Waals surface area (Å²) in [4.78, 5) is 0. The van der Waals surface area contributed by atoms with Gasteiger partial charge in [0.05, 0.1) is 16.2 Å². The molecular weight excluding hydrogens is 260 g/mol. The summed E-state index contributed by atoms with van der Waals surface area (Å²) in [5, 5.41) is -0.442. The Morgan fingerprint density at radius 2 is 1.61 bits per heavy atom. The van der Waals surface area contributed by atoms with Gasteiger partial charge in [0, 0.05) is 6.42 Å². The second-order valence-corrected chi connectivity index (χ2v) is 6.13. The van der Waals surface area contributed by atoms with Crippen LogP contribution in [0.15, 0.2) is 22.7 Å². The average molecular weight is 277 g/mol. The van der Waals surface area contributed by atoms with Crippen LogP contribution in [0.25, 0.3) is 0 Å². The predicted octanol–water partition coefficient (Wildman–Crippen LogP) is 3.71. The summed E-state index contributed by atoms with van der Waals surface area (Å²) in [5.41, 5.74) is -0.639. The summed E-state index contributed by atoms with van der Waals surface area (Å²) >= 11 is 5.48. The second-order valence-electron chi connectivity index (χ2n) is 5.73. The van der Waals surface area contributed by atoms with Crippen molar-refractivity contribution in [2.75, 3.05) is 0 Å². The average Bonchev–Trinajstić information content (AvgIpc) is 2.41. The molecule has 0 saturated carbocycles. The summed E-state index contributed by atoms with van der Waals surface area (Å²) in [5.74, 6) is -3.03. The quantitative estimate of drug-likeness (QED) is 0.680. The molecule has 0 atom stereocenters. The molecule has 2 nitrogen and oxygen atoms in total. The van der Waals surface area contributed by atoms with E-state index in [9.17, 15) is 8.78 Å². The molecule has 2 aliphatic rings. The Bertz CT molecular complexity index is 414. The van der Waals surface area contributed by atoms with Gasteiger partial charge in [0.1, 0.15) is 0 Å². The van der Waals surface area contributed by atoms with Crippen LogP contribution in [-0.2, 0) is 9.31 Å². The molecule has 1 heterocycles. The Balaban J connectivity index is 2.22. The third kappa shape index (κ3) is 2.24. The fourth-order valence-electron chi connectivity index (χ4n) is 1.86. The van der Waals surface area contributed by atoms with E-state index in [-0.39, 0.29) is 0 Å². The summed E-state index contributed by atoms with van der Waals surface area (Å²) in [6, 6.07) is 0. The van der Waals surface area contributed by atoms with E-state index in [2.05, 4.69) is 0 Å². The molecule has 0 bridgehead atoms. The van der Waals surface area contributed by atoms with E-state index in [1.54, 1.807) is 6.08 Å². The summed E-state index contributed by atoms with van der Waals surface area (Å²) in [6.07, 6.45) is 2.31. The van der Waals surface area contributed by atoms with E-state index in [4.69, 9.17) is 20.9 Å². The molecule has 0 amide bonds. The number of alkyl halides is 2. The molecule has 6 heteroatoms. The molecule has 18 heavy (non-hydrogen) atoms. The first kappa shape index (κ1) is 14.0. The lowest BCUT2D eigenvalue weighted by Gasteiger charge is -2.32. The van der Waals surface area contributed by atoms with Crippen molar-refractivity contribution in [1.29, 1.82) is 0 Å². The van der Waals surface area contributed by atoms with Crippen LogP contribution in [0.4, 0.5) is 8.78 Å². The Kier molecular flexibility index (Phi) is 3.16. The number of hydrogen-bond donors (Lipinski definition) is 0. The van der Waals surface area contributed by atoms with Crippen LogP contribution in [0, 0.1) is 0 Å². The third-order valence-corrected chi connectivity index (χ3v) is 4.18. The minimum atomic E-state index is -3.03. The van der Waals surface area contributed by atoms with Crippen LogP contribution in [0.3, 0.4) is 0 Å². The van der Waals surface area contributed by atoms with Gasteiger partial charge < -0.3 is 9.31 Å². The molecule has 0 radical (unpaired) electrons. The fraction of sp³-hybridized carbons (Fsp3) is 0.667. The first-order chi connectivity index (χ1) is 8.05. The molecule has 1 fully saturated rings. The van der Waals surface area contributed by atoms with E-state index in [0.29, 0.717) is 5.47 Å². The lowest BCUT2D eigenvalue weighted by Crippen LogP contribution is -2.41. The zero-order valence-electron chi connectivity index (χ0n) is 10.9. The number of allylic oxidation sites excluding steroid dienone is 4. The molecule has 1 aliphatic carbocycles. The largest absolute Gasteiger partial charge is 0.490 e. The van der Waals surface area contributed by atoms with Gasteiger partial charge in [-0.05, 0) is 39.2 Å². The topological polar surface area (TPSA) is 18.5 Å². The fourth-order valence-corrected chi connectivity index (χ4v) is 1.99.